The number of thiazole rings is 1. The molecule has 3 atom stereocenters. The number of nitrogens with zero attached hydrogens (tertiary/aromatic N) is 4. The molecule has 1 aliphatic rings. The highest BCUT2D eigenvalue weighted by molar-refractivity contribution is 7.13. The van der Waals surface area contributed by atoms with Crippen molar-refractivity contribution >= 4 is 57.5 Å². The average molecular weight is 954 g/mol. The first-order chi connectivity index (χ1) is 32.3. The monoisotopic (exact) mass is 952 g/mol. The molecule has 3 aromatic carbocycles. The molecule has 5 N–H and O–H groups in total. The van der Waals surface area contributed by atoms with E-state index in [1.165, 1.54) is 11.2 Å². The molecule has 7 rings (SSSR count). The SMILES string of the molecule is Cc1ncsc1-c1ccc(CNC(=O)[C@@H]2C[C@@H](O)CN2C(=O)[C@@H](NC(=O)COCCOCCOCCOc2ccc(-c3cc4c(NCc5ccccc5Cl)ncnc4[nH]3)cc2)C(C)(C)C)cc1. The van der Waals surface area contributed by atoms with Crippen LogP contribution in [0.4, 0.5) is 5.82 Å². The van der Waals surface area contributed by atoms with E-state index in [0.29, 0.717) is 49.6 Å². The number of aliphatic hydroxyl groups excluding tert-OH is 1. The van der Waals surface area contributed by atoms with Gasteiger partial charge in [0.2, 0.25) is 17.7 Å². The molecule has 0 radical (unpaired) electrons. The van der Waals surface area contributed by atoms with Crippen LogP contribution >= 0.6 is 22.9 Å². The van der Waals surface area contributed by atoms with Gasteiger partial charge in [0.25, 0.3) is 0 Å². The van der Waals surface area contributed by atoms with E-state index in [1.54, 1.807) is 11.3 Å². The first-order valence-electron chi connectivity index (χ1n) is 22.2. The topological polar surface area (TPSA) is 202 Å². The lowest BCUT2D eigenvalue weighted by molar-refractivity contribution is -0.144. The number of β-amino-alcohol motifs (C(OH)–C–C–N with tert-alkyl or cyclic N) is 1. The van der Waals surface area contributed by atoms with Crippen LogP contribution in [0.1, 0.15) is 44.0 Å². The predicted molar refractivity (Wildman–Crippen MR) is 258 cm³/mol. The third kappa shape index (κ3) is 13.4. The third-order valence-corrected chi connectivity index (χ3v) is 12.5. The molecule has 16 nitrogen and oxygen atoms in total. The highest BCUT2D eigenvalue weighted by Gasteiger charge is 2.44. The summed E-state index contributed by atoms with van der Waals surface area (Å²) >= 11 is 7.90. The Bertz CT molecular complexity index is 2580. The molecular formula is C49H57ClN8O8S. The van der Waals surface area contributed by atoms with Crippen molar-refractivity contribution in [3.63, 3.8) is 0 Å². The van der Waals surface area contributed by atoms with Crippen molar-refractivity contribution in [1.82, 2.24) is 35.5 Å². The summed E-state index contributed by atoms with van der Waals surface area (Å²) in [6.45, 7) is 9.74. The average Bonchev–Trinajstić information content (AvgIpc) is 4.07. The Hall–Kier alpha value is -5.95. The maximum absolute atomic E-state index is 13.9. The van der Waals surface area contributed by atoms with Crippen molar-refractivity contribution < 1.29 is 38.4 Å². The van der Waals surface area contributed by atoms with Gasteiger partial charge in [-0.1, -0.05) is 74.8 Å². The molecule has 1 saturated heterocycles. The van der Waals surface area contributed by atoms with Crippen LogP contribution in [0.3, 0.4) is 0 Å². The minimum absolute atomic E-state index is 0.0158. The summed E-state index contributed by atoms with van der Waals surface area (Å²) in [6.07, 6.45) is 0.750. The van der Waals surface area contributed by atoms with Gasteiger partial charge >= 0.3 is 0 Å². The normalized spacial score (nSPS) is 15.4. The van der Waals surface area contributed by atoms with Crippen molar-refractivity contribution in [3.8, 4) is 27.4 Å². The van der Waals surface area contributed by atoms with Crippen molar-refractivity contribution in [1.29, 1.82) is 0 Å². The van der Waals surface area contributed by atoms with Gasteiger partial charge in [0, 0.05) is 36.8 Å². The maximum Gasteiger partial charge on any atom is 0.246 e. The summed E-state index contributed by atoms with van der Waals surface area (Å²) < 4.78 is 22.6. The number of hydrogen-bond donors (Lipinski definition) is 5. The Kier molecular flexibility index (Phi) is 16.9. The van der Waals surface area contributed by atoms with Crippen LogP contribution in [0.25, 0.3) is 32.7 Å². The van der Waals surface area contributed by atoms with Crippen molar-refractivity contribution in [2.75, 3.05) is 58.1 Å². The number of aryl methyl sites for hydroxylation is 1. The third-order valence-electron chi connectivity index (χ3n) is 11.2. The van der Waals surface area contributed by atoms with Gasteiger partial charge in [-0.3, -0.25) is 14.4 Å². The van der Waals surface area contributed by atoms with Crippen LogP contribution in [0.5, 0.6) is 5.75 Å². The number of rotatable bonds is 22. The summed E-state index contributed by atoms with van der Waals surface area (Å²) in [4.78, 5) is 59.3. The quantitative estimate of drug-likeness (QED) is 0.0460. The molecule has 0 spiro atoms. The van der Waals surface area contributed by atoms with E-state index in [0.717, 1.165) is 49.6 Å². The van der Waals surface area contributed by atoms with Crippen LogP contribution in [0.2, 0.25) is 5.02 Å². The number of fused-ring (bicyclic) bond motifs is 1. The standard InChI is InChI=1S/C49H57ClN8O8S/c1-31-43(67-30-55-31)34-11-9-32(10-12-34)25-52-47(61)41-23-36(59)27-58(41)48(62)44(49(2,3)4)57-42(60)28-65-20-19-63-17-18-64-21-22-66-37-15-13-33(14-16-37)40-24-38-45(53-29-54-46(38)56-40)51-26-35-7-5-6-8-39(35)50/h5-16,24,29-30,36,41,44,59H,17-23,25-28H2,1-4H3,(H,52,61)(H,57,60)(H2,51,53,54,56)/t36-,41+,44-/m1/s1. The van der Waals surface area contributed by atoms with Crippen LogP contribution in [-0.2, 0) is 41.7 Å². The van der Waals surface area contributed by atoms with E-state index in [4.69, 9.17) is 30.5 Å². The van der Waals surface area contributed by atoms with Crippen molar-refractivity contribution in [2.45, 2.75) is 65.4 Å². The summed E-state index contributed by atoms with van der Waals surface area (Å²) in [7, 11) is 0. The Morgan fingerprint density at radius 3 is 2.30 bits per heavy atom. The molecule has 1 aliphatic heterocycles. The number of aromatic amines is 1. The van der Waals surface area contributed by atoms with Gasteiger partial charge in [-0.25, -0.2) is 15.0 Å². The number of hydrogen-bond acceptors (Lipinski definition) is 13. The number of H-pyrrole nitrogens is 1. The van der Waals surface area contributed by atoms with Crippen LogP contribution < -0.4 is 20.7 Å². The van der Waals surface area contributed by atoms with E-state index in [9.17, 15) is 19.5 Å². The zero-order valence-corrected chi connectivity index (χ0v) is 39.6. The molecule has 0 aliphatic carbocycles. The van der Waals surface area contributed by atoms with Crippen LogP contribution in [0, 0.1) is 12.3 Å². The molecular weight excluding hydrogens is 896 g/mol. The summed E-state index contributed by atoms with van der Waals surface area (Å²) in [5.74, 6) is 0.123. The van der Waals surface area contributed by atoms with Gasteiger partial charge in [-0.05, 0) is 71.0 Å². The van der Waals surface area contributed by atoms with Gasteiger partial charge in [-0.2, -0.15) is 0 Å². The summed E-state index contributed by atoms with van der Waals surface area (Å²) in [6, 6.07) is 23.5. The summed E-state index contributed by atoms with van der Waals surface area (Å²) in [5.41, 5.74) is 7.59. The Labute approximate surface area is 398 Å². The number of amides is 3. The molecule has 4 heterocycles. The Balaban J connectivity index is 0.760. The molecule has 3 aromatic heterocycles. The fraction of sp³-hybridized carbons (Fsp3) is 0.388. The second-order valence-electron chi connectivity index (χ2n) is 17.2. The Morgan fingerprint density at radius 2 is 1.60 bits per heavy atom. The zero-order valence-electron chi connectivity index (χ0n) is 38.1. The second-order valence-corrected chi connectivity index (χ2v) is 18.5. The lowest BCUT2D eigenvalue weighted by atomic mass is 9.85. The number of ether oxygens (including phenoxy) is 4. The largest absolute Gasteiger partial charge is 0.491 e. The first kappa shape index (κ1) is 49.0. The number of likely N-dealkylation sites (tertiary alicyclic amines) is 1. The minimum atomic E-state index is -0.964. The highest BCUT2D eigenvalue weighted by Crippen LogP contribution is 2.30. The first-order valence-corrected chi connectivity index (χ1v) is 23.4. The predicted octanol–water partition coefficient (Wildman–Crippen LogP) is 6.56. The lowest BCUT2D eigenvalue weighted by Crippen LogP contribution is -2.58. The molecule has 67 heavy (non-hydrogen) atoms. The number of carbonyl (C=O) groups excluding carboxylic acids is 3. The number of aliphatic hydroxyl groups is 1. The molecule has 6 aromatic rings. The smallest absolute Gasteiger partial charge is 0.246 e. The van der Waals surface area contributed by atoms with Gasteiger partial charge in [0.05, 0.1) is 60.6 Å². The second kappa shape index (κ2) is 23.2. The van der Waals surface area contributed by atoms with Crippen molar-refractivity contribution in [2.24, 2.45) is 5.41 Å². The fourth-order valence-electron chi connectivity index (χ4n) is 7.59. The maximum atomic E-state index is 13.9. The van der Waals surface area contributed by atoms with Gasteiger partial charge < -0.3 is 49.9 Å². The van der Waals surface area contributed by atoms with E-state index < -0.39 is 35.4 Å². The van der Waals surface area contributed by atoms with Crippen molar-refractivity contribution in [3.05, 3.63) is 113 Å². The Morgan fingerprint density at radius 1 is 0.896 bits per heavy atom. The number of anilines is 1. The molecule has 0 bridgehead atoms. The van der Waals surface area contributed by atoms with E-state index >= 15 is 0 Å². The van der Waals surface area contributed by atoms with Crippen LogP contribution in [0.15, 0.2) is 90.7 Å². The molecule has 18 heteroatoms. The lowest BCUT2D eigenvalue weighted by Gasteiger charge is -2.35. The van der Waals surface area contributed by atoms with E-state index in [2.05, 4.69) is 35.9 Å². The number of benzene rings is 3. The van der Waals surface area contributed by atoms with Gasteiger partial charge in [0.15, 0.2) is 0 Å². The number of nitrogens with one attached hydrogen (secondary N) is 4. The minimum Gasteiger partial charge on any atom is -0.491 e. The molecule has 1 fully saturated rings. The van der Waals surface area contributed by atoms with Crippen LogP contribution in [-0.4, -0.2) is 119 Å². The zero-order chi connectivity index (χ0) is 47.3. The summed E-state index contributed by atoms with van der Waals surface area (Å²) in [5, 5.41) is 21.2. The van der Waals surface area contributed by atoms with Gasteiger partial charge in [-0.15, -0.1) is 11.3 Å². The van der Waals surface area contributed by atoms with Gasteiger partial charge in [0.1, 0.15) is 48.8 Å². The number of aromatic nitrogens is 4. The molecule has 0 saturated carbocycles. The number of carbonyl (C=O) groups is 3. The van der Waals surface area contributed by atoms with E-state index in [-0.39, 0.29) is 45.2 Å². The number of halogens is 1. The molecule has 354 valence electrons. The molecule has 0 unspecified atom stereocenters. The highest BCUT2D eigenvalue weighted by atomic mass is 35.5. The fourth-order valence-corrected chi connectivity index (χ4v) is 8.61. The van der Waals surface area contributed by atoms with E-state index in [1.807, 2.05) is 112 Å². The molecule has 3 amide bonds.